The highest BCUT2D eigenvalue weighted by Gasteiger charge is 2.12. The van der Waals surface area contributed by atoms with Crippen LogP contribution in [0, 0.1) is 12.7 Å². The molecule has 0 atom stereocenters. The van der Waals surface area contributed by atoms with Crippen LogP contribution < -0.4 is 14.2 Å². The first-order valence-electron chi connectivity index (χ1n) is 6.24. The van der Waals surface area contributed by atoms with E-state index >= 15 is 0 Å². The Bertz CT molecular complexity index is 571. The highest BCUT2D eigenvalue weighted by Crippen LogP contribution is 2.29. The van der Waals surface area contributed by atoms with Crippen molar-refractivity contribution in [1.29, 1.82) is 0 Å². The summed E-state index contributed by atoms with van der Waals surface area (Å²) in [4.78, 5) is 0. The smallest absolute Gasteiger partial charge is 0.206 e. The standard InChI is InChI=1S/C16H17FO3/c1-11-5-4-6-13(7-11)20-10-12-8-14(18-2)16(17)15(9-12)19-3/h4-9H,10H2,1-3H3. The van der Waals surface area contributed by atoms with Gasteiger partial charge in [-0.15, -0.1) is 0 Å². The molecule has 2 rings (SSSR count). The van der Waals surface area contributed by atoms with E-state index in [4.69, 9.17) is 14.2 Å². The highest BCUT2D eigenvalue weighted by molar-refractivity contribution is 5.40. The quantitative estimate of drug-likeness (QED) is 0.832. The lowest BCUT2D eigenvalue weighted by Gasteiger charge is -2.11. The van der Waals surface area contributed by atoms with Gasteiger partial charge in [0.25, 0.3) is 0 Å². The Morgan fingerprint density at radius 3 is 2.20 bits per heavy atom. The van der Waals surface area contributed by atoms with E-state index in [1.54, 1.807) is 12.1 Å². The largest absolute Gasteiger partial charge is 0.494 e. The normalized spacial score (nSPS) is 10.2. The summed E-state index contributed by atoms with van der Waals surface area (Å²) < 4.78 is 29.4. The molecule has 0 spiro atoms. The summed E-state index contributed by atoms with van der Waals surface area (Å²) >= 11 is 0. The number of aryl methyl sites for hydroxylation is 1. The van der Waals surface area contributed by atoms with Gasteiger partial charge in [-0.1, -0.05) is 12.1 Å². The highest BCUT2D eigenvalue weighted by atomic mass is 19.1. The molecule has 0 aliphatic carbocycles. The Hall–Kier alpha value is -2.23. The topological polar surface area (TPSA) is 27.7 Å². The summed E-state index contributed by atoms with van der Waals surface area (Å²) in [6.45, 7) is 2.31. The van der Waals surface area contributed by atoms with Crippen molar-refractivity contribution in [2.75, 3.05) is 14.2 Å². The molecule has 0 unspecified atom stereocenters. The number of benzene rings is 2. The SMILES string of the molecule is COc1cc(COc2cccc(C)c2)cc(OC)c1F. The average Bonchev–Trinajstić information content (AvgIpc) is 2.46. The molecular formula is C16H17FO3. The Morgan fingerprint density at radius 1 is 1.00 bits per heavy atom. The number of halogens is 1. The number of hydrogen-bond donors (Lipinski definition) is 0. The molecule has 0 aromatic heterocycles. The van der Waals surface area contributed by atoms with E-state index in [9.17, 15) is 4.39 Å². The lowest BCUT2D eigenvalue weighted by molar-refractivity contribution is 0.301. The van der Waals surface area contributed by atoms with Gasteiger partial charge in [0.2, 0.25) is 5.82 Å². The second-order valence-electron chi connectivity index (χ2n) is 4.42. The van der Waals surface area contributed by atoms with Crippen LogP contribution in [-0.2, 0) is 6.61 Å². The molecule has 0 N–H and O–H groups in total. The van der Waals surface area contributed by atoms with Gasteiger partial charge in [0, 0.05) is 0 Å². The monoisotopic (exact) mass is 276 g/mol. The third-order valence-electron chi connectivity index (χ3n) is 2.90. The van der Waals surface area contributed by atoms with E-state index in [2.05, 4.69) is 0 Å². The molecule has 2 aromatic rings. The van der Waals surface area contributed by atoms with E-state index in [1.165, 1.54) is 14.2 Å². The molecule has 0 radical (unpaired) electrons. The van der Waals surface area contributed by atoms with Crippen LogP contribution in [-0.4, -0.2) is 14.2 Å². The van der Waals surface area contributed by atoms with Gasteiger partial charge in [-0.2, -0.15) is 4.39 Å². The summed E-state index contributed by atoms with van der Waals surface area (Å²) in [5.41, 5.74) is 1.90. The van der Waals surface area contributed by atoms with Gasteiger partial charge < -0.3 is 14.2 Å². The molecular weight excluding hydrogens is 259 g/mol. The lowest BCUT2D eigenvalue weighted by atomic mass is 10.2. The summed E-state index contributed by atoms with van der Waals surface area (Å²) in [6.07, 6.45) is 0. The minimum absolute atomic E-state index is 0.146. The predicted molar refractivity (Wildman–Crippen MR) is 75.0 cm³/mol. The predicted octanol–water partition coefficient (Wildman–Crippen LogP) is 3.73. The second-order valence-corrected chi connectivity index (χ2v) is 4.42. The second kappa shape index (κ2) is 6.28. The number of methoxy groups -OCH3 is 2. The molecule has 106 valence electrons. The Balaban J connectivity index is 2.17. The third-order valence-corrected chi connectivity index (χ3v) is 2.90. The van der Waals surface area contributed by atoms with Crippen molar-refractivity contribution in [3.63, 3.8) is 0 Å². The van der Waals surface area contributed by atoms with E-state index in [0.717, 1.165) is 16.9 Å². The van der Waals surface area contributed by atoms with Crippen molar-refractivity contribution in [2.45, 2.75) is 13.5 Å². The minimum Gasteiger partial charge on any atom is -0.494 e. The van der Waals surface area contributed by atoms with Crippen molar-refractivity contribution < 1.29 is 18.6 Å². The molecule has 0 bridgehead atoms. The zero-order chi connectivity index (χ0) is 14.5. The summed E-state index contributed by atoms with van der Waals surface area (Å²) in [5.74, 6) is 0.556. The van der Waals surface area contributed by atoms with Crippen molar-refractivity contribution in [2.24, 2.45) is 0 Å². The van der Waals surface area contributed by atoms with E-state index in [1.807, 2.05) is 31.2 Å². The Labute approximate surface area is 117 Å². The fraction of sp³-hybridized carbons (Fsp3) is 0.250. The van der Waals surface area contributed by atoms with Crippen LogP contribution >= 0.6 is 0 Å². The van der Waals surface area contributed by atoms with Gasteiger partial charge >= 0.3 is 0 Å². The van der Waals surface area contributed by atoms with Crippen LogP contribution in [0.25, 0.3) is 0 Å². The first kappa shape index (κ1) is 14.2. The van der Waals surface area contributed by atoms with Crippen LogP contribution in [0.2, 0.25) is 0 Å². The summed E-state index contributed by atoms with van der Waals surface area (Å²) in [5, 5.41) is 0. The van der Waals surface area contributed by atoms with Crippen molar-refractivity contribution in [1.82, 2.24) is 0 Å². The molecule has 3 nitrogen and oxygen atoms in total. The van der Waals surface area contributed by atoms with Gasteiger partial charge in [0.05, 0.1) is 14.2 Å². The van der Waals surface area contributed by atoms with Gasteiger partial charge in [-0.05, 0) is 42.3 Å². The molecule has 0 aliphatic heterocycles. The Kier molecular flexibility index (Phi) is 4.45. The van der Waals surface area contributed by atoms with Crippen LogP contribution in [0.1, 0.15) is 11.1 Å². The first-order valence-corrected chi connectivity index (χ1v) is 6.24. The van der Waals surface area contributed by atoms with E-state index < -0.39 is 5.82 Å². The summed E-state index contributed by atoms with van der Waals surface area (Å²) in [6, 6.07) is 11.0. The maximum absolute atomic E-state index is 13.8. The van der Waals surface area contributed by atoms with Gasteiger partial charge in [0.15, 0.2) is 11.5 Å². The lowest BCUT2D eigenvalue weighted by Crippen LogP contribution is -2.00. The fourth-order valence-corrected chi connectivity index (χ4v) is 1.88. The number of hydrogen-bond acceptors (Lipinski definition) is 3. The van der Waals surface area contributed by atoms with Gasteiger partial charge in [-0.3, -0.25) is 0 Å². The number of rotatable bonds is 5. The zero-order valence-corrected chi connectivity index (χ0v) is 11.8. The number of ether oxygens (including phenoxy) is 3. The molecule has 0 saturated carbocycles. The van der Waals surface area contributed by atoms with Crippen molar-refractivity contribution in [3.8, 4) is 17.2 Å². The fourth-order valence-electron chi connectivity index (χ4n) is 1.88. The molecule has 0 heterocycles. The van der Waals surface area contributed by atoms with Crippen LogP contribution in [0.15, 0.2) is 36.4 Å². The first-order chi connectivity index (χ1) is 9.63. The van der Waals surface area contributed by atoms with Crippen LogP contribution in [0.4, 0.5) is 4.39 Å². The van der Waals surface area contributed by atoms with E-state index in [-0.39, 0.29) is 11.5 Å². The van der Waals surface area contributed by atoms with Crippen molar-refractivity contribution >= 4 is 0 Å². The molecule has 0 aliphatic rings. The molecule has 4 heteroatoms. The summed E-state index contributed by atoms with van der Waals surface area (Å²) in [7, 11) is 2.84. The van der Waals surface area contributed by atoms with Crippen LogP contribution in [0.5, 0.6) is 17.2 Å². The molecule has 20 heavy (non-hydrogen) atoms. The Morgan fingerprint density at radius 2 is 1.65 bits per heavy atom. The maximum Gasteiger partial charge on any atom is 0.206 e. The van der Waals surface area contributed by atoms with E-state index in [0.29, 0.717) is 6.61 Å². The zero-order valence-electron chi connectivity index (χ0n) is 11.8. The van der Waals surface area contributed by atoms with Gasteiger partial charge in [-0.25, -0.2) is 0 Å². The van der Waals surface area contributed by atoms with Crippen LogP contribution in [0.3, 0.4) is 0 Å². The molecule has 0 saturated heterocycles. The maximum atomic E-state index is 13.8. The third kappa shape index (κ3) is 3.20. The molecule has 2 aromatic carbocycles. The average molecular weight is 276 g/mol. The minimum atomic E-state index is -0.505. The molecule has 0 fully saturated rings. The van der Waals surface area contributed by atoms with Gasteiger partial charge in [0.1, 0.15) is 12.4 Å². The van der Waals surface area contributed by atoms with Crippen molar-refractivity contribution in [3.05, 3.63) is 53.3 Å². The molecule has 0 amide bonds.